The molecule has 7 heteroatoms. The number of piperazine rings is 1. The molecule has 0 aromatic heterocycles. The number of amides is 1. The number of sulfonamides is 1. The Bertz CT molecular complexity index is 890. The van der Waals surface area contributed by atoms with Crippen molar-refractivity contribution in [3.05, 3.63) is 65.7 Å². The monoisotopic (exact) mass is 401 g/mol. The van der Waals surface area contributed by atoms with Crippen molar-refractivity contribution >= 4 is 21.6 Å². The average molecular weight is 402 g/mol. The van der Waals surface area contributed by atoms with Crippen LogP contribution in [-0.4, -0.2) is 63.1 Å². The van der Waals surface area contributed by atoms with Gasteiger partial charge >= 0.3 is 0 Å². The van der Waals surface area contributed by atoms with E-state index in [0.29, 0.717) is 24.3 Å². The van der Waals surface area contributed by atoms with E-state index in [4.69, 9.17) is 0 Å². The van der Waals surface area contributed by atoms with Gasteiger partial charge in [0, 0.05) is 45.3 Å². The Morgan fingerprint density at radius 3 is 2.14 bits per heavy atom. The molecule has 0 atom stereocenters. The summed E-state index contributed by atoms with van der Waals surface area (Å²) in [5.74, 6) is 0.0316. The summed E-state index contributed by atoms with van der Waals surface area (Å²) in [6.45, 7) is 5.58. The normalized spacial score (nSPS) is 15.4. The van der Waals surface area contributed by atoms with E-state index >= 15 is 0 Å². The lowest BCUT2D eigenvalue weighted by atomic mass is 10.1. The summed E-state index contributed by atoms with van der Waals surface area (Å²) in [4.78, 5) is 17.0. The van der Waals surface area contributed by atoms with E-state index in [1.54, 1.807) is 31.2 Å². The maximum atomic E-state index is 12.8. The van der Waals surface area contributed by atoms with Gasteiger partial charge in [-0.1, -0.05) is 30.3 Å². The van der Waals surface area contributed by atoms with E-state index in [1.807, 2.05) is 23.1 Å². The molecular formula is C21H27N3O3S. The quantitative estimate of drug-likeness (QED) is 0.746. The third-order valence-electron chi connectivity index (χ3n) is 5.17. The Hall–Kier alpha value is -2.38. The van der Waals surface area contributed by atoms with Crippen LogP contribution in [0, 0.1) is 0 Å². The zero-order valence-corrected chi connectivity index (χ0v) is 17.2. The van der Waals surface area contributed by atoms with Gasteiger partial charge in [0.15, 0.2) is 0 Å². The fourth-order valence-corrected chi connectivity index (χ4v) is 4.13. The fraction of sp³-hybridized carbons (Fsp3) is 0.381. The van der Waals surface area contributed by atoms with Crippen LogP contribution in [0.15, 0.2) is 54.6 Å². The smallest absolute Gasteiger partial charge is 0.253 e. The highest BCUT2D eigenvalue weighted by atomic mass is 32.2. The molecule has 0 aliphatic carbocycles. The summed E-state index contributed by atoms with van der Waals surface area (Å²) in [6, 6.07) is 17.1. The number of carbonyl (C=O) groups excluding carboxylic acids is 1. The number of anilines is 1. The number of hydrogen-bond acceptors (Lipinski definition) is 4. The van der Waals surface area contributed by atoms with E-state index in [2.05, 4.69) is 17.0 Å². The summed E-state index contributed by atoms with van der Waals surface area (Å²) in [5.41, 5.74) is 2.43. The first-order chi connectivity index (χ1) is 13.4. The molecule has 2 aromatic carbocycles. The predicted molar refractivity (Wildman–Crippen MR) is 112 cm³/mol. The number of benzene rings is 2. The Kier molecular flexibility index (Phi) is 6.36. The Labute approximate surface area is 167 Å². The number of nitrogens with zero attached hydrogens (tertiary/aromatic N) is 3. The van der Waals surface area contributed by atoms with Crippen molar-refractivity contribution in [2.24, 2.45) is 0 Å². The van der Waals surface area contributed by atoms with Crippen molar-refractivity contribution in [3.8, 4) is 0 Å². The molecule has 0 saturated carbocycles. The Morgan fingerprint density at radius 2 is 1.57 bits per heavy atom. The third kappa shape index (κ3) is 4.72. The second-order valence-corrected chi connectivity index (χ2v) is 9.26. The van der Waals surface area contributed by atoms with Crippen molar-refractivity contribution in [2.45, 2.75) is 13.5 Å². The first-order valence-corrected chi connectivity index (χ1v) is 11.1. The molecule has 2 aromatic rings. The largest absolute Gasteiger partial charge is 0.336 e. The topological polar surface area (TPSA) is 60.9 Å². The van der Waals surface area contributed by atoms with Gasteiger partial charge in [-0.3, -0.25) is 14.0 Å². The number of rotatable bonds is 6. The van der Waals surface area contributed by atoms with Gasteiger partial charge in [0.25, 0.3) is 5.91 Å². The second kappa shape index (κ2) is 8.75. The molecule has 150 valence electrons. The minimum atomic E-state index is -3.30. The van der Waals surface area contributed by atoms with Gasteiger partial charge in [0.2, 0.25) is 10.0 Å². The molecule has 1 aliphatic heterocycles. The van der Waals surface area contributed by atoms with Crippen molar-refractivity contribution in [3.63, 3.8) is 0 Å². The first-order valence-electron chi connectivity index (χ1n) is 9.53. The molecule has 1 saturated heterocycles. The second-order valence-electron chi connectivity index (χ2n) is 6.97. The van der Waals surface area contributed by atoms with Crippen LogP contribution in [0.1, 0.15) is 22.8 Å². The van der Waals surface area contributed by atoms with Crippen LogP contribution in [0.25, 0.3) is 0 Å². The van der Waals surface area contributed by atoms with Gasteiger partial charge in [0.1, 0.15) is 0 Å². The molecule has 6 nitrogen and oxygen atoms in total. The van der Waals surface area contributed by atoms with Crippen LogP contribution in [0.4, 0.5) is 5.69 Å². The summed E-state index contributed by atoms with van der Waals surface area (Å²) in [6.07, 6.45) is 0. The lowest BCUT2D eigenvalue weighted by Gasteiger charge is -2.34. The molecule has 0 bridgehead atoms. The molecule has 1 aliphatic rings. The highest BCUT2D eigenvalue weighted by Gasteiger charge is 2.23. The number of hydrogen-bond donors (Lipinski definition) is 0. The van der Waals surface area contributed by atoms with Gasteiger partial charge in [-0.05, 0) is 36.8 Å². The van der Waals surface area contributed by atoms with Gasteiger partial charge in [-0.15, -0.1) is 0 Å². The minimum Gasteiger partial charge on any atom is -0.336 e. The predicted octanol–water partition coefficient (Wildman–Crippen LogP) is 2.43. The van der Waals surface area contributed by atoms with E-state index in [1.165, 1.54) is 16.9 Å². The maximum Gasteiger partial charge on any atom is 0.253 e. The minimum absolute atomic E-state index is 0.00749. The molecule has 0 radical (unpaired) electrons. The first kappa shape index (κ1) is 20.4. The van der Waals surface area contributed by atoms with E-state index in [0.717, 1.165) is 19.6 Å². The van der Waals surface area contributed by atoms with Crippen LogP contribution < -0.4 is 4.31 Å². The Morgan fingerprint density at radius 1 is 0.964 bits per heavy atom. The molecule has 1 heterocycles. The third-order valence-corrected chi connectivity index (χ3v) is 6.94. The lowest BCUT2D eigenvalue weighted by molar-refractivity contribution is 0.0628. The standard InChI is InChI=1S/C21H27N3O3S/c1-3-28(26,27)22(2)20-11-9-19(10-12-20)21(25)24-15-13-23(14-16-24)17-18-7-5-4-6-8-18/h4-12H,3,13-17H2,1-2H3. The van der Waals surface area contributed by atoms with Crippen LogP contribution in [-0.2, 0) is 16.6 Å². The van der Waals surface area contributed by atoms with Crippen LogP contribution in [0.5, 0.6) is 0 Å². The molecular weight excluding hydrogens is 374 g/mol. The number of carbonyl (C=O) groups is 1. The molecule has 1 amide bonds. The summed E-state index contributed by atoms with van der Waals surface area (Å²) in [7, 11) is -1.77. The highest BCUT2D eigenvalue weighted by Crippen LogP contribution is 2.19. The summed E-state index contributed by atoms with van der Waals surface area (Å²) in [5, 5.41) is 0. The average Bonchev–Trinajstić information content (AvgIpc) is 2.74. The molecule has 28 heavy (non-hydrogen) atoms. The van der Waals surface area contributed by atoms with Crippen LogP contribution in [0.2, 0.25) is 0 Å². The van der Waals surface area contributed by atoms with E-state index in [9.17, 15) is 13.2 Å². The van der Waals surface area contributed by atoms with Crippen molar-refractivity contribution in [2.75, 3.05) is 43.3 Å². The van der Waals surface area contributed by atoms with Crippen molar-refractivity contribution < 1.29 is 13.2 Å². The van der Waals surface area contributed by atoms with E-state index in [-0.39, 0.29) is 11.7 Å². The maximum absolute atomic E-state index is 12.8. The zero-order chi connectivity index (χ0) is 20.1. The summed E-state index contributed by atoms with van der Waals surface area (Å²) < 4.78 is 25.2. The SMILES string of the molecule is CCS(=O)(=O)N(C)c1ccc(C(=O)N2CCN(Cc3ccccc3)CC2)cc1. The van der Waals surface area contributed by atoms with Gasteiger partial charge in [-0.2, -0.15) is 0 Å². The van der Waals surface area contributed by atoms with Gasteiger partial charge < -0.3 is 4.90 Å². The molecule has 0 N–H and O–H groups in total. The molecule has 0 spiro atoms. The zero-order valence-electron chi connectivity index (χ0n) is 16.4. The molecule has 1 fully saturated rings. The fourth-order valence-electron chi connectivity index (χ4n) is 3.30. The van der Waals surface area contributed by atoms with Crippen LogP contribution in [0.3, 0.4) is 0 Å². The molecule has 3 rings (SSSR count). The van der Waals surface area contributed by atoms with Gasteiger partial charge in [0.05, 0.1) is 11.4 Å². The summed E-state index contributed by atoms with van der Waals surface area (Å²) >= 11 is 0. The van der Waals surface area contributed by atoms with E-state index < -0.39 is 10.0 Å². The van der Waals surface area contributed by atoms with Gasteiger partial charge in [-0.25, -0.2) is 8.42 Å². The Balaban J connectivity index is 1.58. The lowest BCUT2D eigenvalue weighted by Crippen LogP contribution is -2.48. The van der Waals surface area contributed by atoms with Crippen LogP contribution >= 0.6 is 0 Å². The van der Waals surface area contributed by atoms with Crippen molar-refractivity contribution in [1.82, 2.24) is 9.80 Å². The highest BCUT2D eigenvalue weighted by molar-refractivity contribution is 7.92. The molecule has 0 unspecified atom stereocenters. The van der Waals surface area contributed by atoms with Crippen molar-refractivity contribution in [1.29, 1.82) is 0 Å².